The summed E-state index contributed by atoms with van der Waals surface area (Å²) >= 11 is 1.63. The lowest BCUT2D eigenvalue weighted by Crippen LogP contribution is -1.93. The third-order valence-electron chi connectivity index (χ3n) is 4.13. The van der Waals surface area contributed by atoms with Gasteiger partial charge in [0.15, 0.2) is 0 Å². The fourth-order valence-electron chi connectivity index (χ4n) is 2.92. The molecule has 118 valence electrons. The lowest BCUT2D eigenvalue weighted by Gasteiger charge is -2.09. The first kappa shape index (κ1) is 15.0. The molecular formula is C20H17N3S. The molecule has 0 aliphatic rings. The third-order valence-corrected chi connectivity index (χ3v) is 4.98. The molecule has 0 amide bonds. The zero-order valence-electron chi connectivity index (χ0n) is 13.6. The molecule has 3 aromatic heterocycles. The quantitative estimate of drug-likeness (QED) is 0.494. The molecule has 0 atom stereocenters. The summed E-state index contributed by atoms with van der Waals surface area (Å²) in [4.78, 5) is 13.7. The van der Waals surface area contributed by atoms with Gasteiger partial charge in [-0.15, -0.1) is 11.3 Å². The maximum Gasteiger partial charge on any atom is 0.143 e. The second-order valence-corrected chi connectivity index (χ2v) is 6.89. The second kappa shape index (κ2) is 6.13. The highest BCUT2D eigenvalue weighted by Crippen LogP contribution is 2.34. The minimum Gasteiger partial charge on any atom is -0.264 e. The predicted molar refractivity (Wildman–Crippen MR) is 100 cm³/mol. The van der Waals surface area contributed by atoms with Gasteiger partial charge in [0, 0.05) is 34.9 Å². The third kappa shape index (κ3) is 2.59. The first-order valence-electron chi connectivity index (χ1n) is 7.98. The average molecular weight is 331 g/mol. The Balaban J connectivity index is 1.84. The molecule has 0 N–H and O–H groups in total. The van der Waals surface area contributed by atoms with Crippen LogP contribution in [0.2, 0.25) is 0 Å². The lowest BCUT2D eigenvalue weighted by molar-refractivity contribution is 0.864. The van der Waals surface area contributed by atoms with Crippen molar-refractivity contribution in [2.75, 3.05) is 0 Å². The fourth-order valence-corrected chi connectivity index (χ4v) is 3.75. The van der Waals surface area contributed by atoms with Crippen molar-refractivity contribution in [2.24, 2.45) is 0 Å². The van der Waals surface area contributed by atoms with Crippen molar-refractivity contribution in [3.05, 3.63) is 65.9 Å². The van der Waals surface area contributed by atoms with E-state index in [0.717, 1.165) is 27.3 Å². The van der Waals surface area contributed by atoms with Gasteiger partial charge in [-0.25, -0.2) is 4.98 Å². The van der Waals surface area contributed by atoms with E-state index in [1.807, 2.05) is 36.8 Å². The smallest absolute Gasteiger partial charge is 0.143 e. The van der Waals surface area contributed by atoms with Crippen LogP contribution in [0.4, 0.5) is 0 Å². The van der Waals surface area contributed by atoms with Crippen LogP contribution in [0.1, 0.15) is 25.3 Å². The minimum atomic E-state index is 0.434. The summed E-state index contributed by atoms with van der Waals surface area (Å²) in [5, 5.41) is 5.36. The van der Waals surface area contributed by atoms with Gasteiger partial charge < -0.3 is 0 Å². The summed E-state index contributed by atoms with van der Waals surface area (Å²) in [7, 11) is 0. The van der Waals surface area contributed by atoms with Crippen LogP contribution in [0.5, 0.6) is 0 Å². The van der Waals surface area contributed by atoms with Crippen molar-refractivity contribution in [2.45, 2.75) is 19.8 Å². The highest BCUT2D eigenvalue weighted by Gasteiger charge is 2.14. The van der Waals surface area contributed by atoms with E-state index in [1.54, 1.807) is 11.3 Å². The molecule has 0 bridgehead atoms. The average Bonchev–Trinajstić information content (AvgIpc) is 3.11. The number of rotatable bonds is 3. The largest absolute Gasteiger partial charge is 0.264 e. The van der Waals surface area contributed by atoms with Crippen molar-refractivity contribution in [1.29, 1.82) is 0 Å². The Morgan fingerprint density at radius 1 is 1.00 bits per heavy atom. The van der Waals surface area contributed by atoms with Crippen LogP contribution in [-0.2, 0) is 0 Å². The summed E-state index contributed by atoms with van der Waals surface area (Å²) < 4.78 is 0. The number of pyridine rings is 2. The molecule has 1 aromatic carbocycles. The van der Waals surface area contributed by atoms with Gasteiger partial charge in [-0.05, 0) is 29.0 Å². The Morgan fingerprint density at radius 2 is 1.88 bits per heavy atom. The van der Waals surface area contributed by atoms with Crippen LogP contribution in [0.25, 0.3) is 32.7 Å². The first-order chi connectivity index (χ1) is 11.7. The number of hydrogen-bond donors (Lipinski definition) is 0. The van der Waals surface area contributed by atoms with Crippen molar-refractivity contribution < 1.29 is 0 Å². The van der Waals surface area contributed by atoms with Gasteiger partial charge in [0.25, 0.3) is 0 Å². The van der Waals surface area contributed by atoms with E-state index >= 15 is 0 Å². The summed E-state index contributed by atoms with van der Waals surface area (Å²) in [5.41, 5.74) is 4.30. The molecule has 4 rings (SSSR count). The topological polar surface area (TPSA) is 38.7 Å². The molecule has 0 fully saturated rings. The van der Waals surface area contributed by atoms with Gasteiger partial charge in [-0.2, -0.15) is 0 Å². The number of fused-ring (bicyclic) bond motifs is 1. The number of thiazole rings is 1. The van der Waals surface area contributed by atoms with Crippen molar-refractivity contribution in [3.63, 3.8) is 0 Å². The standard InChI is InChI=1S/C20H17N3S/c1-13(2)15-8-9-21-11-17(15)18-12-24-20(23-18)19-16-6-4-3-5-14(16)7-10-22-19/h3-13H,1-2H3. The van der Waals surface area contributed by atoms with E-state index in [0.29, 0.717) is 5.92 Å². The van der Waals surface area contributed by atoms with E-state index < -0.39 is 0 Å². The number of benzene rings is 1. The maximum absolute atomic E-state index is 4.86. The van der Waals surface area contributed by atoms with Crippen molar-refractivity contribution in [1.82, 2.24) is 15.0 Å². The molecule has 0 unspecified atom stereocenters. The zero-order chi connectivity index (χ0) is 16.5. The number of nitrogens with zero attached hydrogens (tertiary/aromatic N) is 3. The van der Waals surface area contributed by atoms with E-state index in [-0.39, 0.29) is 0 Å². The number of hydrogen-bond acceptors (Lipinski definition) is 4. The predicted octanol–water partition coefficient (Wildman–Crippen LogP) is 5.54. The molecule has 0 saturated heterocycles. The van der Waals surface area contributed by atoms with E-state index in [1.165, 1.54) is 10.9 Å². The van der Waals surface area contributed by atoms with Gasteiger partial charge in [0.2, 0.25) is 0 Å². The Hall–Kier alpha value is -2.59. The maximum atomic E-state index is 4.86. The molecule has 4 aromatic rings. The molecule has 0 aliphatic heterocycles. The van der Waals surface area contributed by atoms with Crippen LogP contribution < -0.4 is 0 Å². The second-order valence-electron chi connectivity index (χ2n) is 6.04. The highest BCUT2D eigenvalue weighted by atomic mass is 32.1. The summed E-state index contributed by atoms with van der Waals surface area (Å²) in [6, 6.07) is 12.4. The van der Waals surface area contributed by atoms with Crippen molar-refractivity contribution in [3.8, 4) is 22.0 Å². The molecule has 3 nitrogen and oxygen atoms in total. The van der Waals surface area contributed by atoms with Gasteiger partial charge in [0.1, 0.15) is 10.7 Å². The van der Waals surface area contributed by atoms with Crippen LogP contribution in [0.15, 0.2) is 60.4 Å². The van der Waals surface area contributed by atoms with Gasteiger partial charge in [-0.3, -0.25) is 9.97 Å². The van der Waals surface area contributed by atoms with Crippen molar-refractivity contribution >= 4 is 22.1 Å². The Kier molecular flexibility index (Phi) is 3.82. The molecule has 3 heterocycles. The van der Waals surface area contributed by atoms with Crippen LogP contribution in [-0.4, -0.2) is 15.0 Å². The normalized spacial score (nSPS) is 11.3. The monoisotopic (exact) mass is 331 g/mol. The lowest BCUT2D eigenvalue weighted by atomic mass is 9.98. The molecule has 0 radical (unpaired) electrons. The van der Waals surface area contributed by atoms with Gasteiger partial charge in [0.05, 0.1) is 5.69 Å². The summed E-state index contributed by atoms with van der Waals surface area (Å²) in [6.07, 6.45) is 5.60. The molecule has 0 saturated carbocycles. The summed E-state index contributed by atoms with van der Waals surface area (Å²) in [6.45, 7) is 4.39. The van der Waals surface area contributed by atoms with E-state index in [2.05, 4.69) is 47.4 Å². The van der Waals surface area contributed by atoms with Gasteiger partial charge in [-0.1, -0.05) is 38.1 Å². The van der Waals surface area contributed by atoms with Gasteiger partial charge >= 0.3 is 0 Å². The molecule has 0 spiro atoms. The van der Waals surface area contributed by atoms with Crippen LogP contribution in [0, 0.1) is 0 Å². The van der Waals surface area contributed by atoms with Crippen LogP contribution >= 0.6 is 11.3 Å². The van der Waals surface area contributed by atoms with E-state index in [4.69, 9.17) is 4.98 Å². The van der Waals surface area contributed by atoms with E-state index in [9.17, 15) is 0 Å². The molecule has 0 aliphatic carbocycles. The number of aromatic nitrogens is 3. The zero-order valence-corrected chi connectivity index (χ0v) is 14.4. The Labute approximate surface area is 145 Å². The molecular weight excluding hydrogens is 314 g/mol. The molecule has 4 heteroatoms. The Morgan fingerprint density at radius 3 is 2.75 bits per heavy atom. The molecule has 24 heavy (non-hydrogen) atoms. The first-order valence-corrected chi connectivity index (χ1v) is 8.86. The SMILES string of the molecule is CC(C)c1ccncc1-c1csc(-c2nccc3ccccc23)n1. The minimum absolute atomic E-state index is 0.434. The fraction of sp³-hybridized carbons (Fsp3) is 0.150. The van der Waals surface area contributed by atoms with Crippen LogP contribution in [0.3, 0.4) is 0 Å². The summed E-state index contributed by atoms with van der Waals surface area (Å²) in [5.74, 6) is 0.434. The highest BCUT2D eigenvalue weighted by molar-refractivity contribution is 7.13. The Bertz CT molecular complexity index is 999.